The van der Waals surface area contributed by atoms with E-state index in [0.717, 1.165) is 20.9 Å². The minimum atomic E-state index is -0.663. The average Bonchev–Trinajstić information content (AvgIpc) is 2.93. The summed E-state index contributed by atoms with van der Waals surface area (Å²) in [6, 6.07) is 13.0. The number of aromatic nitrogens is 1. The van der Waals surface area contributed by atoms with Gasteiger partial charge in [0.05, 0.1) is 15.2 Å². The maximum atomic E-state index is 12.4. The molecule has 0 fully saturated rings. The summed E-state index contributed by atoms with van der Waals surface area (Å²) in [6.07, 6.45) is -0.663. The summed E-state index contributed by atoms with van der Waals surface area (Å²) in [7, 11) is 0. The van der Waals surface area contributed by atoms with Crippen molar-refractivity contribution in [1.29, 1.82) is 0 Å². The highest BCUT2D eigenvalue weighted by Gasteiger charge is 2.27. The van der Waals surface area contributed by atoms with Crippen molar-refractivity contribution < 1.29 is 14.3 Å². The Bertz CT molecular complexity index is 890. The molecule has 116 valence electrons. The molecule has 0 saturated heterocycles. The number of ether oxygens (including phenoxy) is 2. The molecule has 0 bridgehead atoms. The smallest absolute Gasteiger partial charge is 0.269 e. The number of benzene rings is 2. The second-order valence-corrected chi connectivity index (χ2v) is 6.50. The number of amides is 1. The van der Waals surface area contributed by atoms with Crippen LogP contribution >= 0.6 is 11.3 Å². The van der Waals surface area contributed by atoms with Gasteiger partial charge < -0.3 is 14.8 Å². The lowest BCUT2D eigenvalue weighted by Crippen LogP contribution is -2.40. The number of aryl methyl sites for hydroxylation is 1. The number of nitrogens with one attached hydrogen (secondary N) is 1. The van der Waals surface area contributed by atoms with E-state index >= 15 is 0 Å². The van der Waals surface area contributed by atoms with E-state index in [2.05, 4.69) is 10.3 Å². The predicted octanol–water partition coefficient (Wildman–Crippen LogP) is 3.38. The predicted molar refractivity (Wildman–Crippen MR) is 89.3 cm³/mol. The van der Waals surface area contributed by atoms with Crippen LogP contribution in [0.25, 0.3) is 10.2 Å². The Hall–Kier alpha value is -2.60. The normalized spacial score (nSPS) is 16.3. The van der Waals surface area contributed by atoms with E-state index in [0.29, 0.717) is 11.5 Å². The summed E-state index contributed by atoms with van der Waals surface area (Å²) in [6.45, 7) is 2.17. The van der Waals surface area contributed by atoms with Crippen molar-refractivity contribution in [2.75, 3.05) is 11.9 Å². The van der Waals surface area contributed by atoms with Crippen molar-refractivity contribution in [2.45, 2.75) is 13.0 Å². The van der Waals surface area contributed by atoms with Crippen molar-refractivity contribution in [3.8, 4) is 11.5 Å². The topological polar surface area (TPSA) is 60.5 Å². The Kier molecular flexibility index (Phi) is 3.38. The lowest BCUT2D eigenvalue weighted by atomic mass is 10.2. The molecule has 4 rings (SSSR count). The Morgan fingerprint density at radius 3 is 2.96 bits per heavy atom. The number of nitrogens with zero attached hydrogens (tertiary/aromatic N) is 1. The Balaban J connectivity index is 1.51. The van der Waals surface area contributed by atoms with Crippen LogP contribution in [0.4, 0.5) is 5.69 Å². The molecule has 1 atom stereocenters. The zero-order chi connectivity index (χ0) is 15.8. The first kappa shape index (κ1) is 14.0. The molecule has 6 heteroatoms. The fourth-order valence-corrected chi connectivity index (χ4v) is 3.36. The second-order valence-electron chi connectivity index (χ2n) is 5.27. The number of carbonyl (C=O) groups is 1. The molecule has 3 aromatic rings. The third-order valence-electron chi connectivity index (χ3n) is 3.56. The monoisotopic (exact) mass is 326 g/mol. The average molecular weight is 326 g/mol. The largest absolute Gasteiger partial charge is 0.485 e. The number of anilines is 1. The highest BCUT2D eigenvalue weighted by molar-refractivity contribution is 7.18. The van der Waals surface area contributed by atoms with Crippen LogP contribution in [0.3, 0.4) is 0 Å². The van der Waals surface area contributed by atoms with Crippen molar-refractivity contribution in [3.63, 3.8) is 0 Å². The van der Waals surface area contributed by atoms with Crippen LogP contribution in [0.15, 0.2) is 42.5 Å². The summed E-state index contributed by atoms with van der Waals surface area (Å²) in [5.41, 5.74) is 1.67. The summed E-state index contributed by atoms with van der Waals surface area (Å²) in [4.78, 5) is 16.8. The van der Waals surface area contributed by atoms with E-state index in [-0.39, 0.29) is 12.5 Å². The second kappa shape index (κ2) is 5.55. The van der Waals surface area contributed by atoms with Crippen molar-refractivity contribution in [1.82, 2.24) is 4.98 Å². The van der Waals surface area contributed by atoms with E-state index in [4.69, 9.17) is 9.47 Å². The molecule has 2 heterocycles. The van der Waals surface area contributed by atoms with Crippen molar-refractivity contribution in [2.24, 2.45) is 0 Å². The van der Waals surface area contributed by atoms with Crippen LogP contribution in [0.5, 0.6) is 11.5 Å². The van der Waals surface area contributed by atoms with Crippen molar-refractivity contribution >= 4 is 33.1 Å². The van der Waals surface area contributed by atoms with Crippen LogP contribution in [-0.2, 0) is 4.79 Å². The van der Waals surface area contributed by atoms with Gasteiger partial charge >= 0.3 is 0 Å². The molecule has 2 aromatic carbocycles. The van der Waals surface area contributed by atoms with Gasteiger partial charge in [-0.1, -0.05) is 12.1 Å². The van der Waals surface area contributed by atoms with Gasteiger partial charge in [-0.2, -0.15) is 0 Å². The number of thiazole rings is 1. The molecule has 1 N–H and O–H groups in total. The zero-order valence-electron chi connectivity index (χ0n) is 12.4. The standard InChI is InChI=1S/C17H14N2O3S/c1-10-18-12-7-6-11(8-16(12)23-10)19-17(20)15-9-21-13-4-2-3-5-14(13)22-15/h2-8,15H,9H2,1H3,(H,19,20)/t15-/m0/s1. The van der Waals surface area contributed by atoms with Crippen LogP contribution in [-0.4, -0.2) is 23.6 Å². The van der Waals surface area contributed by atoms with E-state index in [1.807, 2.05) is 43.3 Å². The van der Waals surface area contributed by atoms with Crippen LogP contribution in [0, 0.1) is 6.92 Å². The maximum Gasteiger partial charge on any atom is 0.269 e. The Morgan fingerprint density at radius 1 is 1.26 bits per heavy atom. The third-order valence-corrected chi connectivity index (χ3v) is 4.50. The molecule has 0 aliphatic carbocycles. The van der Waals surface area contributed by atoms with E-state index in [1.54, 1.807) is 17.4 Å². The molecule has 0 radical (unpaired) electrons. The minimum absolute atomic E-state index is 0.199. The van der Waals surface area contributed by atoms with Crippen LogP contribution < -0.4 is 14.8 Å². The van der Waals surface area contributed by atoms with E-state index < -0.39 is 6.10 Å². The number of carbonyl (C=O) groups excluding carboxylic acids is 1. The number of fused-ring (bicyclic) bond motifs is 2. The summed E-state index contributed by atoms with van der Waals surface area (Å²) < 4.78 is 12.3. The van der Waals surface area contributed by atoms with E-state index in [9.17, 15) is 4.79 Å². The lowest BCUT2D eigenvalue weighted by molar-refractivity contribution is -0.125. The SMILES string of the molecule is Cc1nc2ccc(NC(=O)[C@@H]3COc4ccccc4O3)cc2s1. The van der Waals surface area contributed by atoms with Gasteiger partial charge in [-0.05, 0) is 37.3 Å². The molecule has 1 amide bonds. The van der Waals surface area contributed by atoms with Gasteiger partial charge in [0.25, 0.3) is 5.91 Å². The quantitative estimate of drug-likeness (QED) is 0.784. The van der Waals surface area contributed by atoms with Gasteiger partial charge in [-0.15, -0.1) is 11.3 Å². The van der Waals surface area contributed by atoms with Gasteiger partial charge in [0.15, 0.2) is 11.5 Å². The molecule has 0 unspecified atom stereocenters. The van der Waals surface area contributed by atoms with E-state index in [1.165, 1.54) is 0 Å². The fourth-order valence-electron chi connectivity index (χ4n) is 2.49. The van der Waals surface area contributed by atoms with Crippen LogP contribution in [0.2, 0.25) is 0 Å². The Labute approximate surface area is 136 Å². The summed E-state index contributed by atoms with van der Waals surface area (Å²) in [5, 5.41) is 3.88. The first-order chi connectivity index (χ1) is 11.2. The maximum absolute atomic E-state index is 12.4. The van der Waals surface area contributed by atoms with Gasteiger partial charge in [-0.25, -0.2) is 4.98 Å². The molecule has 23 heavy (non-hydrogen) atoms. The number of para-hydroxylation sites is 2. The zero-order valence-corrected chi connectivity index (χ0v) is 13.2. The van der Waals surface area contributed by atoms with Gasteiger partial charge in [0.2, 0.25) is 6.10 Å². The van der Waals surface area contributed by atoms with Crippen molar-refractivity contribution in [3.05, 3.63) is 47.5 Å². The first-order valence-electron chi connectivity index (χ1n) is 7.25. The molecular formula is C17H14N2O3S. The number of rotatable bonds is 2. The molecule has 1 aliphatic rings. The first-order valence-corrected chi connectivity index (χ1v) is 8.07. The summed E-state index contributed by atoms with van der Waals surface area (Å²) >= 11 is 1.60. The van der Waals surface area contributed by atoms with Crippen LogP contribution in [0.1, 0.15) is 5.01 Å². The molecule has 0 saturated carbocycles. The molecule has 0 spiro atoms. The minimum Gasteiger partial charge on any atom is -0.485 e. The summed E-state index contributed by atoms with van der Waals surface area (Å²) in [5.74, 6) is 1.03. The highest BCUT2D eigenvalue weighted by Crippen LogP contribution is 2.31. The van der Waals surface area contributed by atoms with Gasteiger partial charge in [-0.3, -0.25) is 4.79 Å². The molecule has 1 aromatic heterocycles. The number of hydrogen-bond donors (Lipinski definition) is 1. The molecule has 1 aliphatic heterocycles. The molecular weight excluding hydrogens is 312 g/mol. The van der Waals surface area contributed by atoms with Gasteiger partial charge in [0.1, 0.15) is 6.61 Å². The lowest BCUT2D eigenvalue weighted by Gasteiger charge is -2.25. The van der Waals surface area contributed by atoms with Gasteiger partial charge in [0, 0.05) is 5.69 Å². The fraction of sp³-hybridized carbons (Fsp3) is 0.176. The highest BCUT2D eigenvalue weighted by atomic mass is 32.1. The Morgan fingerprint density at radius 2 is 2.09 bits per heavy atom. The number of hydrogen-bond acceptors (Lipinski definition) is 5. The molecule has 5 nitrogen and oxygen atoms in total. The third kappa shape index (κ3) is 2.73.